The predicted molar refractivity (Wildman–Crippen MR) is 40.7 cm³/mol. The lowest BCUT2D eigenvalue weighted by molar-refractivity contribution is 0.0433. The van der Waals surface area contributed by atoms with E-state index >= 15 is 0 Å². The van der Waals surface area contributed by atoms with Crippen molar-refractivity contribution in [3.05, 3.63) is 0 Å². The number of rotatable bonds is 4. The Hall–Kier alpha value is -0.120. The average molecular weight is 144 g/mol. The van der Waals surface area contributed by atoms with Crippen molar-refractivity contribution in [2.24, 2.45) is 11.7 Å². The Kier molecular flexibility index (Phi) is 3.12. The van der Waals surface area contributed by atoms with Gasteiger partial charge in [-0.1, -0.05) is 0 Å². The van der Waals surface area contributed by atoms with Crippen LogP contribution in [-0.4, -0.2) is 30.8 Å². The summed E-state index contributed by atoms with van der Waals surface area (Å²) < 4.78 is 0. The summed E-state index contributed by atoms with van der Waals surface area (Å²) in [6, 6.07) is 0. The van der Waals surface area contributed by atoms with Crippen LogP contribution in [0.3, 0.4) is 0 Å². The second-order valence-corrected chi connectivity index (χ2v) is 2.98. The lowest BCUT2D eigenvalue weighted by Crippen LogP contribution is -2.37. The molecule has 1 rings (SSSR count). The van der Waals surface area contributed by atoms with Crippen LogP contribution in [0.5, 0.6) is 0 Å². The van der Waals surface area contributed by atoms with Crippen molar-refractivity contribution in [1.82, 2.24) is 5.32 Å². The van der Waals surface area contributed by atoms with Gasteiger partial charge in [-0.05, 0) is 25.3 Å². The number of nitrogens with two attached hydrogens (primary N) is 1. The van der Waals surface area contributed by atoms with E-state index in [0.717, 1.165) is 25.9 Å². The molecule has 3 nitrogen and oxygen atoms in total. The van der Waals surface area contributed by atoms with E-state index in [1.165, 1.54) is 0 Å². The molecule has 1 fully saturated rings. The zero-order valence-corrected chi connectivity index (χ0v) is 6.21. The van der Waals surface area contributed by atoms with Gasteiger partial charge in [0.1, 0.15) is 0 Å². The van der Waals surface area contributed by atoms with E-state index in [2.05, 4.69) is 5.32 Å². The number of aliphatic hydroxyl groups excluding tert-OH is 1. The van der Waals surface area contributed by atoms with Crippen LogP contribution in [0, 0.1) is 5.92 Å². The maximum absolute atomic E-state index is 8.92. The van der Waals surface area contributed by atoms with Crippen molar-refractivity contribution in [3.63, 3.8) is 0 Å². The van der Waals surface area contributed by atoms with Crippen LogP contribution >= 0.6 is 0 Å². The number of aliphatic hydroxyl groups is 1. The van der Waals surface area contributed by atoms with Gasteiger partial charge in [-0.2, -0.15) is 0 Å². The van der Waals surface area contributed by atoms with Crippen LogP contribution in [0.1, 0.15) is 12.8 Å². The Bertz CT molecular complexity index is 91.6. The van der Waals surface area contributed by atoms with Gasteiger partial charge < -0.3 is 16.2 Å². The van der Waals surface area contributed by atoms with Gasteiger partial charge in [-0.15, -0.1) is 0 Å². The highest BCUT2D eigenvalue weighted by Crippen LogP contribution is 2.25. The first-order valence-corrected chi connectivity index (χ1v) is 3.91. The molecule has 60 valence electrons. The van der Waals surface area contributed by atoms with Crippen LogP contribution in [0.25, 0.3) is 0 Å². The third kappa shape index (κ3) is 2.25. The largest absolute Gasteiger partial charge is 0.393 e. The molecule has 1 saturated carbocycles. The fraction of sp³-hybridized carbons (Fsp3) is 1.00. The first-order valence-electron chi connectivity index (χ1n) is 3.91. The van der Waals surface area contributed by atoms with Crippen molar-refractivity contribution in [2.75, 3.05) is 19.6 Å². The lowest BCUT2D eigenvalue weighted by Gasteiger charge is -2.31. The second kappa shape index (κ2) is 3.91. The van der Waals surface area contributed by atoms with E-state index < -0.39 is 0 Å². The molecule has 0 aromatic heterocycles. The van der Waals surface area contributed by atoms with E-state index in [9.17, 15) is 0 Å². The number of hydrogen-bond acceptors (Lipinski definition) is 3. The highest BCUT2D eigenvalue weighted by Gasteiger charge is 2.25. The van der Waals surface area contributed by atoms with Crippen molar-refractivity contribution in [2.45, 2.75) is 18.9 Å². The molecule has 0 radical (unpaired) electrons. The van der Waals surface area contributed by atoms with Crippen LogP contribution < -0.4 is 11.1 Å². The summed E-state index contributed by atoms with van der Waals surface area (Å²) in [4.78, 5) is 0. The molecule has 10 heavy (non-hydrogen) atoms. The molecule has 0 aromatic carbocycles. The Morgan fingerprint density at radius 1 is 1.50 bits per heavy atom. The normalized spacial score (nSPS) is 31.8. The highest BCUT2D eigenvalue weighted by atomic mass is 16.3. The zero-order valence-electron chi connectivity index (χ0n) is 6.21. The van der Waals surface area contributed by atoms with Crippen molar-refractivity contribution in [3.8, 4) is 0 Å². The molecule has 1 aliphatic carbocycles. The molecule has 0 amide bonds. The first kappa shape index (κ1) is 7.98. The predicted octanol–water partition coefficient (Wildman–Crippen LogP) is -0.694. The quantitative estimate of drug-likeness (QED) is 0.457. The fourth-order valence-electron chi connectivity index (χ4n) is 1.28. The Labute approximate surface area is 61.6 Å². The summed E-state index contributed by atoms with van der Waals surface area (Å²) in [6.07, 6.45) is 1.92. The molecular weight excluding hydrogens is 128 g/mol. The molecule has 0 heterocycles. The fourth-order valence-corrected chi connectivity index (χ4v) is 1.28. The van der Waals surface area contributed by atoms with E-state index in [1.54, 1.807) is 0 Å². The minimum Gasteiger partial charge on any atom is -0.393 e. The van der Waals surface area contributed by atoms with E-state index in [-0.39, 0.29) is 6.10 Å². The molecular formula is C7H16N2O. The van der Waals surface area contributed by atoms with Gasteiger partial charge in [-0.25, -0.2) is 0 Å². The summed E-state index contributed by atoms with van der Waals surface area (Å²) in [7, 11) is 0. The van der Waals surface area contributed by atoms with Gasteiger partial charge in [-0.3, -0.25) is 0 Å². The Balaban J connectivity index is 1.86. The molecule has 0 aliphatic heterocycles. The van der Waals surface area contributed by atoms with Crippen molar-refractivity contribution >= 4 is 0 Å². The van der Waals surface area contributed by atoms with Crippen LogP contribution in [0.15, 0.2) is 0 Å². The van der Waals surface area contributed by atoms with Crippen molar-refractivity contribution < 1.29 is 5.11 Å². The summed E-state index contributed by atoms with van der Waals surface area (Å²) in [5.41, 5.74) is 5.29. The molecule has 0 aromatic rings. The van der Waals surface area contributed by atoms with Gasteiger partial charge in [0.05, 0.1) is 6.10 Å². The SMILES string of the molecule is NCCNCC1CC(O)C1. The molecule has 0 bridgehead atoms. The van der Waals surface area contributed by atoms with Gasteiger partial charge in [0.2, 0.25) is 0 Å². The van der Waals surface area contributed by atoms with Crippen LogP contribution in [0.2, 0.25) is 0 Å². The smallest absolute Gasteiger partial charge is 0.0546 e. The Morgan fingerprint density at radius 3 is 2.70 bits per heavy atom. The van der Waals surface area contributed by atoms with Crippen molar-refractivity contribution in [1.29, 1.82) is 0 Å². The standard InChI is InChI=1S/C7H16N2O/c8-1-2-9-5-6-3-7(10)4-6/h6-7,9-10H,1-5,8H2. The van der Waals surface area contributed by atoms with Gasteiger partial charge in [0.25, 0.3) is 0 Å². The highest BCUT2D eigenvalue weighted by molar-refractivity contribution is 4.79. The molecule has 0 unspecified atom stereocenters. The third-order valence-electron chi connectivity index (χ3n) is 1.96. The molecule has 1 aliphatic rings. The summed E-state index contributed by atoms with van der Waals surface area (Å²) in [6.45, 7) is 2.62. The van der Waals surface area contributed by atoms with E-state index in [0.29, 0.717) is 12.5 Å². The maximum Gasteiger partial charge on any atom is 0.0546 e. The van der Waals surface area contributed by atoms with E-state index in [4.69, 9.17) is 10.8 Å². The molecule has 3 heteroatoms. The Morgan fingerprint density at radius 2 is 2.20 bits per heavy atom. The maximum atomic E-state index is 8.92. The average Bonchev–Trinajstić information content (AvgIpc) is 1.85. The third-order valence-corrected chi connectivity index (χ3v) is 1.96. The molecule has 0 saturated heterocycles. The number of nitrogens with one attached hydrogen (secondary N) is 1. The van der Waals surface area contributed by atoms with Crippen LogP contribution in [0.4, 0.5) is 0 Å². The topological polar surface area (TPSA) is 58.3 Å². The molecule has 4 N–H and O–H groups in total. The summed E-state index contributed by atoms with van der Waals surface area (Å²) >= 11 is 0. The van der Waals surface area contributed by atoms with Gasteiger partial charge in [0, 0.05) is 13.1 Å². The molecule has 0 atom stereocenters. The van der Waals surface area contributed by atoms with Gasteiger partial charge >= 0.3 is 0 Å². The first-order chi connectivity index (χ1) is 4.83. The second-order valence-electron chi connectivity index (χ2n) is 2.98. The monoisotopic (exact) mass is 144 g/mol. The summed E-state index contributed by atoms with van der Waals surface area (Å²) in [5, 5.41) is 12.1. The summed E-state index contributed by atoms with van der Waals surface area (Å²) in [5.74, 6) is 0.696. The minimum absolute atomic E-state index is 0.0234. The lowest BCUT2D eigenvalue weighted by atomic mass is 9.82. The van der Waals surface area contributed by atoms with Crippen LogP contribution in [-0.2, 0) is 0 Å². The zero-order chi connectivity index (χ0) is 7.40. The minimum atomic E-state index is -0.0234. The molecule has 0 spiro atoms. The van der Waals surface area contributed by atoms with E-state index in [1.807, 2.05) is 0 Å². The number of hydrogen-bond donors (Lipinski definition) is 3. The van der Waals surface area contributed by atoms with Gasteiger partial charge in [0.15, 0.2) is 0 Å².